The monoisotopic (exact) mass is 345 g/mol. The Labute approximate surface area is 139 Å². The van der Waals surface area contributed by atoms with Gasteiger partial charge in [-0.3, -0.25) is 4.79 Å². The topological polar surface area (TPSA) is 38.8 Å². The Bertz CT molecular complexity index is 531. The lowest BCUT2D eigenvalue weighted by Crippen LogP contribution is -2.31. The van der Waals surface area contributed by atoms with Crippen LogP contribution >= 0.6 is 0 Å². The summed E-state index contributed by atoms with van der Waals surface area (Å²) in [5, 5.41) is 0. The van der Waals surface area contributed by atoms with Crippen LogP contribution in [-0.2, 0) is 9.53 Å². The summed E-state index contributed by atoms with van der Waals surface area (Å²) < 4.78 is 46.0. The van der Waals surface area contributed by atoms with E-state index in [9.17, 15) is 18.0 Å². The van der Waals surface area contributed by atoms with Crippen molar-refractivity contribution in [2.45, 2.75) is 38.4 Å². The molecule has 7 heteroatoms. The van der Waals surface area contributed by atoms with Gasteiger partial charge in [0.1, 0.15) is 12.4 Å². The Hall–Kier alpha value is -1.76. The van der Waals surface area contributed by atoms with E-state index in [0.29, 0.717) is 13.2 Å². The highest BCUT2D eigenvalue weighted by molar-refractivity contribution is 5.77. The Morgan fingerprint density at radius 3 is 2.62 bits per heavy atom. The number of ether oxygens (including phenoxy) is 2. The molecule has 1 atom stereocenters. The molecular formula is C17H22F3NO3. The molecule has 1 aliphatic rings. The average Bonchev–Trinajstić information content (AvgIpc) is 3.01. The summed E-state index contributed by atoms with van der Waals surface area (Å²) in [5.41, 5.74) is 1.01. The van der Waals surface area contributed by atoms with Crippen molar-refractivity contribution in [3.05, 3.63) is 29.8 Å². The summed E-state index contributed by atoms with van der Waals surface area (Å²) >= 11 is 0. The molecule has 0 aromatic heterocycles. The lowest BCUT2D eigenvalue weighted by molar-refractivity contribution is -0.175. The van der Waals surface area contributed by atoms with Gasteiger partial charge in [-0.05, 0) is 37.5 Å². The molecule has 0 spiro atoms. The maximum absolute atomic E-state index is 12.3. The van der Waals surface area contributed by atoms with Crippen LogP contribution in [0.4, 0.5) is 13.2 Å². The van der Waals surface area contributed by atoms with Gasteiger partial charge in [-0.15, -0.1) is 0 Å². The quantitative estimate of drug-likeness (QED) is 0.707. The molecule has 0 radical (unpaired) electrons. The first-order valence-electron chi connectivity index (χ1n) is 8.07. The van der Waals surface area contributed by atoms with Gasteiger partial charge in [-0.1, -0.05) is 12.1 Å². The van der Waals surface area contributed by atoms with Gasteiger partial charge in [-0.2, -0.15) is 13.2 Å². The third-order valence-corrected chi connectivity index (χ3v) is 3.88. The van der Waals surface area contributed by atoms with E-state index in [2.05, 4.69) is 4.74 Å². The maximum atomic E-state index is 12.3. The van der Waals surface area contributed by atoms with Crippen molar-refractivity contribution in [1.82, 2.24) is 4.90 Å². The number of hydrogen-bond acceptors (Lipinski definition) is 3. The van der Waals surface area contributed by atoms with Crippen molar-refractivity contribution < 1.29 is 27.4 Å². The van der Waals surface area contributed by atoms with Gasteiger partial charge in [0.05, 0.1) is 25.7 Å². The molecule has 1 aromatic rings. The summed E-state index contributed by atoms with van der Waals surface area (Å²) in [4.78, 5) is 14.0. The first-order chi connectivity index (χ1) is 11.4. The van der Waals surface area contributed by atoms with E-state index in [1.165, 1.54) is 0 Å². The molecule has 1 unspecified atom stereocenters. The molecule has 0 saturated carbocycles. The van der Waals surface area contributed by atoms with Crippen molar-refractivity contribution >= 4 is 5.91 Å². The van der Waals surface area contributed by atoms with Gasteiger partial charge in [0, 0.05) is 6.54 Å². The zero-order chi connectivity index (χ0) is 17.6. The van der Waals surface area contributed by atoms with E-state index in [1.807, 2.05) is 31.2 Å². The van der Waals surface area contributed by atoms with Gasteiger partial charge >= 0.3 is 6.18 Å². The number of alkyl halides is 3. The predicted octanol–water partition coefficient (Wildman–Crippen LogP) is 3.72. The molecule has 4 nitrogen and oxygen atoms in total. The second-order valence-electron chi connectivity index (χ2n) is 5.66. The standard InChI is InChI=1S/C17H22F3NO3/c1-2-24-14-7-5-13(6-8-14)15-4-3-10-21(15)16(22)9-11-23-12-17(18,19)20/h5-8,15H,2-4,9-12H2,1H3. The summed E-state index contributed by atoms with van der Waals surface area (Å²) in [6.45, 7) is 1.58. The number of amides is 1. The van der Waals surface area contributed by atoms with Crippen LogP contribution in [0.5, 0.6) is 5.75 Å². The van der Waals surface area contributed by atoms with Crippen molar-refractivity contribution in [1.29, 1.82) is 0 Å². The molecule has 134 valence electrons. The Morgan fingerprint density at radius 2 is 2.00 bits per heavy atom. The number of rotatable bonds is 7. The summed E-state index contributed by atoms with van der Waals surface area (Å²) in [7, 11) is 0. The molecule has 1 aromatic carbocycles. The molecule has 1 saturated heterocycles. The van der Waals surface area contributed by atoms with Crippen LogP contribution in [0.3, 0.4) is 0 Å². The van der Waals surface area contributed by atoms with Crippen molar-refractivity contribution in [2.24, 2.45) is 0 Å². The second-order valence-corrected chi connectivity index (χ2v) is 5.66. The van der Waals surface area contributed by atoms with E-state index in [-0.39, 0.29) is 25.0 Å². The molecule has 1 aliphatic heterocycles. The number of halogens is 3. The van der Waals surface area contributed by atoms with E-state index >= 15 is 0 Å². The fourth-order valence-corrected chi connectivity index (χ4v) is 2.86. The first-order valence-corrected chi connectivity index (χ1v) is 8.07. The summed E-state index contributed by atoms with van der Waals surface area (Å²) in [6, 6.07) is 7.57. The highest BCUT2D eigenvalue weighted by Gasteiger charge is 2.30. The van der Waals surface area contributed by atoms with Gasteiger partial charge in [-0.25, -0.2) is 0 Å². The van der Waals surface area contributed by atoms with Crippen LogP contribution in [0.2, 0.25) is 0 Å². The van der Waals surface area contributed by atoms with Crippen LogP contribution in [0.15, 0.2) is 24.3 Å². The molecule has 1 fully saturated rings. The molecular weight excluding hydrogens is 323 g/mol. The van der Waals surface area contributed by atoms with Gasteiger partial charge in [0.2, 0.25) is 5.91 Å². The van der Waals surface area contributed by atoms with E-state index in [0.717, 1.165) is 24.2 Å². The molecule has 1 heterocycles. The third kappa shape index (κ3) is 5.40. The van der Waals surface area contributed by atoms with Gasteiger partial charge in [0.15, 0.2) is 0 Å². The lowest BCUT2D eigenvalue weighted by Gasteiger charge is -2.25. The SMILES string of the molecule is CCOc1ccc(C2CCCN2C(=O)CCOCC(F)(F)F)cc1. The average molecular weight is 345 g/mol. The minimum atomic E-state index is -4.36. The minimum absolute atomic E-state index is 0.0317. The van der Waals surface area contributed by atoms with Crippen LogP contribution in [-0.4, -0.2) is 43.3 Å². The normalized spacial score (nSPS) is 18.0. The van der Waals surface area contributed by atoms with Gasteiger partial charge < -0.3 is 14.4 Å². The molecule has 2 rings (SSSR count). The number of benzene rings is 1. The van der Waals surface area contributed by atoms with Crippen molar-refractivity contribution in [3.8, 4) is 5.75 Å². The molecule has 0 N–H and O–H groups in total. The van der Waals surface area contributed by atoms with Crippen molar-refractivity contribution in [2.75, 3.05) is 26.4 Å². The third-order valence-electron chi connectivity index (χ3n) is 3.88. The minimum Gasteiger partial charge on any atom is -0.494 e. The molecule has 24 heavy (non-hydrogen) atoms. The fourth-order valence-electron chi connectivity index (χ4n) is 2.86. The number of carbonyl (C=O) groups excluding carboxylic acids is 1. The first kappa shape index (κ1) is 18.6. The van der Waals surface area contributed by atoms with Gasteiger partial charge in [0.25, 0.3) is 0 Å². The summed E-state index contributed by atoms with van der Waals surface area (Å²) in [6.07, 6.45) is -2.67. The van der Waals surface area contributed by atoms with E-state index < -0.39 is 12.8 Å². The van der Waals surface area contributed by atoms with E-state index in [4.69, 9.17) is 4.74 Å². The maximum Gasteiger partial charge on any atom is 0.411 e. The Balaban J connectivity index is 1.88. The Morgan fingerprint density at radius 1 is 1.29 bits per heavy atom. The van der Waals surface area contributed by atoms with Crippen molar-refractivity contribution in [3.63, 3.8) is 0 Å². The molecule has 0 bridgehead atoms. The highest BCUT2D eigenvalue weighted by atomic mass is 19.4. The zero-order valence-corrected chi connectivity index (χ0v) is 13.6. The largest absolute Gasteiger partial charge is 0.494 e. The number of hydrogen-bond donors (Lipinski definition) is 0. The number of carbonyl (C=O) groups is 1. The smallest absolute Gasteiger partial charge is 0.411 e. The van der Waals surface area contributed by atoms with Crippen LogP contribution < -0.4 is 4.74 Å². The lowest BCUT2D eigenvalue weighted by atomic mass is 10.0. The van der Waals surface area contributed by atoms with Crippen LogP contribution in [0.25, 0.3) is 0 Å². The molecule has 0 aliphatic carbocycles. The molecule has 1 amide bonds. The fraction of sp³-hybridized carbons (Fsp3) is 0.588. The van der Waals surface area contributed by atoms with Crippen LogP contribution in [0, 0.1) is 0 Å². The van der Waals surface area contributed by atoms with Crippen LogP contribution in [0.1, 0.15) is 37.8 Å². The number of likely N-dealkylation sites (tertiary alicyclic amines) is 1. The number of nitrogens with zero attached hydrogens (tertiary/aromatic N) is 1. The predicted molar refractivity (Wildman–Crippen MR) is 82.8 cm³/mol. The summed E-state index contributed by atoms with van der Waals surface area (Å²) in [5.74, 6) is 0.603. The zero-order valence-electron chi connectivity index (χ0n) is 13.6. The Kier molecular flexibility index (Phi) is 6.48. The highest BCUT2D eigenvalue weighted by Crippen LogP contribution is 2.33. The second kappa shape index (κ2) is 8.37. The van der Waals surface area contributed by atoms with E-state index in [1.54, 1.807) is 4.90 Å².